The van der Waals surface area contributed by atoms with Crippen LogP contribution in [0.3, 0.4) is 0 Å². The third kappa shape index (κ3) is 5.52. The molecule has 0 amide bonds. The summed E-state index contributed by atoms with van der Waals surface area (Å²) in [6, 6.07) is 21.4. The summed E-state index contributed by atoms with van der Waals surface area (Å²) in [7, 11) is 0. The largest absolute Gasteiger partial charge is 0.383 e. The topological polar surface area (TPSA) is 82.9 Å². The van der Waals surface area contributed by atoms with Crippen LogP contribution >= 0.6 is 0 Å². The normalized spacial score (nSPS) is 11.0. The minimum atomic E-state index is -0.287. The van der Waals surface area contributed by atoms with Gasteiger partial charge in [0.05, 0.1) is 13.1 Å². The Morgan fingerprint density at radius 3 is 1.97 bits per heavy atom. The summed E-state index contributed by atoms with van der Waals surface area (Å²) < 4.78 is 3.05. The van der Waals surface area contributed by atoms with Gasteiger partial charge in [-0.2, -0.15) is 0 Å². The number of hydrogen-bond acceptors (Lipinski definition) is 4. The predicted molar refractivity (Wildman–Crippen MR) is 136 cm³/mol. The van der Waals surface area contributed by atoms with Crippen LogP contribution in [0, 0.1) is 13.8 Å². The number of pyridine rings is 1. The maximum atomic E-state index is 13.5. The highest BCUT2D eigenvalue weighted by molar-refractivity contribution is 5.38. The summed E-state index contributed by atoms with van der Waals surface area (Å²) in [4.78, 5) is 30.7. The molecule has 4 rings (SSSR count). The fourth-order valence-electron chi connectivity index (χ4n) is 4.06. The second kappa shape index (κ2) is 10.3. The SMILES string of the molecule is Cc1ccc(Cn2c(CCCc3cccnc3N)cc(=O)n(Cc3ccc(C)cc3)c2=O)cc1. The molecular weight excluding hydrogens is 424 g/mol. The van der Waals surface area contributed by atoms with Gasteiger partial charge in [-0.1, -0.05) is 65.7 Å². The van der Waals surface area contributed by atoms with E-state index in [1.807, 2.05) is 74.5 Å². The molecule has 0 saturated carbocycles. The van der Waals surface area contributed by atoms with Gasteiger partial charge in [0, 0.05) is 18.0 Å². The van der Waals surface area contributed by atoms with Crippen molar-refractivity contribution in [2.24, 2.45) is 0 Å². The fourth-order valence-corrected chi connectivity index (χ4v) is 4.06. The maximum Gasteiger partial charge on any atom is 0.331 e. The third-order valence-electron chi connectivity index (χ3n) is 6.09. The van der Waals surface area contributed by atoms with Crippen LogP contribution in [0.2, 0.25) is 0 Å². The van der Waals surface area contributed by atoms with E-state index in [9.17, 15) is 9.59 Å². The monoisotopic (exact) mass is 454 g/mol. The van der Waals surface area contributed by atoms with E-state index < -0.39 is 0 Å². The van der Waals surface area contributed by atoms with Gasteiger partial charge in [-0.25, -0.2) is 9.78 Å². The molecule has 0 bridgehead atoms. The van der Waals surface area contributed by atoms with Gasteiger partial charge in [-0.05, 0) is 55.9 Å². The number of aromatic nitrogens is 3. The molecule has 6 heteroatoms. The van der Waals surface area contributed by atoms with E-state index in [0.717, 1.165) is 46.4 Å². The van der Waals surface area contributed by atoms with Crippen LogP contribution in [0.25, 0.3) is 0 Å². The smallest absolute Gasteiger partial charge is 0.331 e. The van der Waals surface area contributed by atoms with Crippen molar-refractivity contribution in [3.8, 4) is 0 Å². The first kappa shape index (κ1) is 23.2. The molecule has 0 aliphatic rings. The zero-order valence-electron chi connectivity index (χ0n) is 19.7. The zero-order chi connectivity index (χ0) is 24.1. The van der Waals surface area contributed by atoms with Gasteiger partial charge in [0.2, 0.25) is 0 Å². The van der Waals surface area contributed by atoms with Crippen molar-refractivity contribution in [1.29, 1.82) is 0 Å². The highest BCUT2D eigenvalue weighted by atomic mass is 16.2. The fraction of sp³-hybridized carbons (Fsp3) is 0.250. The summed E-state index contributed by atoms with van der Waals surface area (Å²) in [6.07, 6.45) is 3.75. The van der Waals surface area contributed by atoms with Crippen LogP contribution in [0.5, 0.6) is 0 Å². The zero-order valence-corrected chi connectivity index (χ0v) is 19.7. The number of benzene rings is 2. The van der Waals surface area contributed by atoms with Crippen LogP contribution in [0.15, 0.2) is 82.5 Å². The van der Waals surface area contributed by atoms with Crippen LogP contribution < -0.4 is 17.0 Å². The minimum Gasteiger partial charge on any atom is -0.383 e. The van der Waals surface area contributed by atoms with Crippen LogP contribution in [-0.2, 0) is 25.9 Å². The van der Waals surface area contributed by atoms with Crippen molar-refractivity contribution >= 4 is 5.82 Å². The van der Waals surface area contributed by atoms with E-state index in [1.54, 1.807) is 16.8 Å². The van der Waals surface area contributed by atoms with Crippen LogP contribution in [0.4, 0.5) is 5.82 Å². The summed E-state index contributed by atoms with van der Waals surface area (Å²) >= 11 is 0. The molecule has 2 heterocycles. The number of rotatable bonds is 8. The molecule has 0 fully saturated rings. The molecule has 34 heavy (non-hydrogen) atoms. The number of nitrogens with two attached hydrogens (primary N) is 1. The molecular formula is C28H30N4O2. The van der Waals surface area contributed by atoms with Crippen molar-refractivity contribution in [2.45, 2.75) is 46.2 Å². The molecule has 4 aromatic rings. The summed E-state index contributed by atoms with van der Waals surface area (Å²) in [5.74, 6) is 0.521. The molecule has 0 spiro atoms. The first-order chi connectivity index (χ1) is 16.4. The number of anilines is 1. The standard InChI is InChI=1S/C28H30N4O2/c1-20-8-12-22(13-9-20)18-31-25(7-3-5-24-6-4-16-30-27(24)29)17-26(33)32(28(31)34)19-23-14-10-21(2)11-15-23/h4,6,8-17H,3,5,7,18-19H2,1-2H3,(H2,29,30). The Morgan fingerprint density at radius 2 is 1.38 bits per heavy atom. The lowest BCUT2D eigenvalue weighted by Gasteiger charge is -2.16. The molecule has 174 valence electrons. The quantitative estimate of drug-likeness (QED) is 0.438. The van der Waals surface area contributed by atoms with E-state index >= 15 is 0 Å². The average molecular weight is 455 g/mol. The molecule has 2 aromatic carbocycles. The van der Waals surface area contributed by atoms with Gasteiger partial charge in [0.25, 0.3) is 5.56 Å². The second-order valence-corrected chi connectivity index (χ2v) is 8.80. The van der Waals surface area contributed by atoms with E-state index in [2.05, 4.69) is 4.98 Å². The third-order valence-corrected chi connectivity index (χ3v) is 6.09. The van der Waals surface area contributed by atoms with Gasteiger partial charge >= 0.3 is 5.69 Å². The van der Waals surface area contributed by atoms with Crippen LogP contribution in [-0.4, -0.2) is 14.1 Å². The van der Waals surface area contributed by atoms with Crippen molar-refractivity contribution < 1.29 is 0 Å². The van der Waals surface area contributed by atoms with E-state index in [0.29, 0.717) is 18.8 Å². The second-order valence-electron chi connectivity index (χ2n) is 8.80. The van der Waals surface area contributed by atoms with E-state index in [4.69, 9.17) is 5.73 Å². The van der Waals surface area contributed by atoms with Gasteiger partial charge in [0.15, 0.2) is 0 Å². The Labute approximate surface area is 199 Å². The Balaban J connectivity index is 1.66. The number of hydrogen-bond donors (Lipinski definition) is 1. The molecule has 2 aromatic heterocycles. The number of nitrogens with zero attached hydrogens (tertiary/aromatic N) is 3. The molecule has 6 nitrogen and oxygen atoms in total. The van der Waals surface area contributed by atoms with Gasteiger partial charge in [0.1, 0.15) is 5.82 Å². The maximum absolute atomic E-state index is 13.5. The van der Waals surface area contributed by atoms with Crippen molar-refractivity contribution in [1.82, 2.24) is 14.1 Å². The van der Waals surface area contributed by atoms with Crippen molar-refractivity contribution in [2.75, 3.05) is 5.73 Å². The number of aryl methyl sites for hydroxylation is 4. The minimum absolute atomic E-state index is 0.248. The number of nitrogen functional groups attached to an aromatic ring is 1. The molecule has 0 radical (unpaired) electrons. The Morgan fingerprint density at radius 1 is 0.794 bits per heavy atom. The first-order valence-corrected chi connectivity index (χ1v) is 11.5. The highest BCUT2D eigenvalue weighted by Crippen LogP contribution is 2.13. The predicted octanol–water partition coefficient (Wildman–Crippen LogP) is 3.88. The summed E-state index contributed by atoms with van der Waals surface area (Å²) in [5, 5.41) is 0. The average Bonchev–Trinajstić information content (AvgIpc) is 2.83. The van der Waals surface area contributed by atoms with Gasteiger partial charge < -0.3 is 5.73 Å². The highest BCUT2D eigenvalue weighted by Gasteiger charge is 2.13. The Kier molecular flexibility index (Phi) is 7.07. The van der Waals surface area contributed by atoms with Gasteiger partial charge in [-0.15, -0.1) is 0 Å². The van der Waals surface area contributed by atoms with Crippen molar-refractivity contribution in [3.63, 3.8) is 0 Å². The molecule has 0 unspecified atom stereocenters. The first-order valence-electron chi connectivity index (χ1n) is 11.5. The summed E-state index contributed by atoms with van der Waals surface area (Å²) in [6.45, 7) is 4.71. The van der Waals surface area contributed by atoms with Gasteiger partial charge in [-0.3, -0.25) is 13.9 Å². The lowest BCUT2D eigenvalue weighted by molar-refractivity contribution is 0.578. The summed E-state index contributed by atoms with van der Waals surface area (Å²) in [5.41, 5.74) is 11.4. The Hall–Kier alpha value is -3.93. The molecule has 2 N–H and O–H groups in total. The van der Waals surface area contributed by atoms with Crippen LogP contribution in [0.1, 0.15) is 39.9 Å². The Bertz CT molecular complexity index is 1380. The van der Waals surface area contributed by atoms with Crippen molar-refractivity contribution in [3.05, 3.63) is 127 Å². The van der Waals surface area contributed by atoms with E-state index in [-0.39, 0.29) is 17.8 Å². The molecule has 0 aliphatic heterocycles. The molecule has 0 aliphatic carbocycles. The molecule has 0 saturated heterocycles. The lowest BCUT2D eigenvalue weighted by Crippen LogP contribution is -2.41. The van der Waals surface area contributed by atoms with E-state index in [1.165, 1.54) is 4.57 Å². The lowest BCUT2D eigenvalue weighted by atomic mass is 10.1. The molecule has 0 atom stereocenters.